The van der Waals surface area contributed by atoms with Crippen LogP contribution < -0.4 is 4.74 Å². The first-order valence-corrected chi connectivity index (χ1v) is 4.95. The van der Waals surface area contributed by atoms with Crippen molar-refractivity contribution in [3.05, 3.63) is 21.0 Å². The molecular formula is C8H5F3INO3. The van der Waals surface area contributed by atoms with E-state index in [-0.39, 0.29) is 0 Å². The van der Waals surface area contributed by atoms with Crippen LogP contribution in [0.5, 0.6) is 5.75 Å². The van der Waals surface area contributed by atoms with Crippen molar-refractivity contribution in [3.63, 3.8) is 0 Å². The summed E-state index contributed by atoms with van der Waals surface area (Å²) in [7, 11) is 0. The van der Waals surface area contributed by atoms with E-state index in [0.29, 0.717) is 9.26 Å². The Bertz CT molecular complexity index is 433. The first-order chi connectivity index (χ1) is 7.20. The van der Waals surface area contributed by atoms with Crippen LogP contribution >= 0.6 is 22.6 Å². The van der Waals surface area contributed by atoms with Crippen molar-refractivity contribution < 1.29 is 27.8 Å². The van der Waals surface area contributed by atoms with Crippen molar-refractivity contribution in [3.8, 4) is 5.75 Å². The van der Waals surface area contributed by atoms with E-state index in [0.717, 1.165) is 6.07 Å². The number of hydrogen-bond donors (Lipinski definition) is 1. The Balaban J connectivity index is 3.25. The van der Waals surface area contributed by atoms with Gasteiger partial charge in [-0.1, -0.05) is 0 Å². The molecule has 0 aromatic carbocycles. The van der Waals surface area contributed by atoms with Crippen LogP contribution in [-0.4, -0.2) is 22.4 Å². The van der Waals surface area contributed by atoms with E-state index in [1.807, 2.05) is 0 Å². The van der Waals surface area contributed by atoms with Crippen LogP contribution in [0.15, 0.2) is 6.07 Å². The van der Waals surface area contributed by atoms with Crippen LogP contribution in [0.4, 0.5) is 13.2 Å². The van der Waals surface area contributed by atoms with E-state index in [1.165, 1.54) is 6.92 Å². The smallest absolute Gasteiger partial charge is 0.476 e. The maximum absolute atomic E-state index is 12.0. The highest BCUT2D eigenvalue weighted by atomic mass is 127. The summed E-state index contributed by atoms with van der Waals surface area (Å²) in [5.41, 5.74) is -0.428. The Hall–Kier alpha value is -1.06. The van der Waals surface area contributed by atoms with Gasteiger partial charge in [-0.25, -0.2) is 9.78 Å². The fourth-order valence-electron chi connectivity index (χ4n) is 0.920. The summed E-state index contributed by atoms with van der Waals surface area (Å²) >= 11 is 1.74. The predicted octanol–water partition coefficient (Wildman–Crippen LogP) is 2.59. The molecule has 0 aliphatic rings. The zero-order valence-corrected chi connectivity index (χ0v) is 9.96. The number of aryl methyl sites for hydroxylation is 1. The monoisotopic (exact) mass is 347 g/mol. The summed E-state index contributed by atoms with van der Waals surface area (Å²) in [5, 5.41) is 8.67. The third-order valence-electron chi connectivity index (χ3n) is 1.54. The van der Waals surface area contributed by atoms with Crippen LogP contribution in [0.25, 0.3) is 0 Å². The van der Waals surface area contributed by atoms with Gasteiger partial charge in [-0.05, 0) is 35.6 Å². The Morgan fingerprint density at radius 3 is 2.56 bits per heavy atom. The molecule has 0 radical (unpaired) electrons. The number of hydrogen-bond acceptors (Lipinski definition) is 3. The van der Waals surface area contributed by atoms with Crippen molar-refractivity contribution in [1.29, 1.82) is 0 Å². The SMILES string of the molecule is Cc1nc(C(=O)O)c(OC(F)(F)F)cc1I. The third kappa shape index (κ3) is 3.22. The van der Waals surface area contributed by atoms with Crippen LogP contribution in [0.2, 0.25) is 0 Å². The lowest BCUT2D eigenvalue weighted by Crippen LogP contribution is -2.20. The Kier molecular flexibility index (Phi) is 3.61. The molecule has 1 aromatic heterocycles. The summed E-state index contributed by atoms with van der Waals surface area (Å²) < 4.78 is 39.9. The van der Waals surface area contributed by atoms with E-state index in [4.69, 9.17) is 5.11 Å². The maximum Gasteiger partial charge on any atom is 0.573 e. The summed E-state index contributed by atoms with van der Waals surface area (Å²) in [6, 6.07) is 0.986. The lowest BCUT2D eigenvalue weighted by atomic mass is 10.3. The molecule has 0 aliphatic carbocycles. The highest BCUT2D eigenvalue weighted by molar-refractivity contribution is 14.1. The number of carboxylic acids is 1. The average Bonchev–Trinajstić information content (AvgIpc) is 2.07. The number of halogens is 4. The Labute approximate surface area is 102 Å². The molecule has 1 N–H and O–H groups in total. The normalized spacial score (nSPS) is 11.3. The van der Waals surface area contributed by atoms with Gasteiger partial charge < -0.3 is 9.84 Å². The molecule has 88 valence electrons. The second kappa shape index (κ2) is 4.44. The average molecular weight is 347 g/mol. The van der Waals surface area contributed by atoms with Gasteiger partial charge in [0, 0.05) is 3.57 Å². The highest BCUT2D eigenvalue weighted by Gasteiger charge is 2.33. The zero-order valence-electron chi connectivity index (χ0n) is 7.80. The number of rotatable bonds is 2. The first kappa shape index (κ1) is 13.0. The van der Waals surface area contributed by atoms with Gasteiger partial charge in [0.05, 0.1) is 5.69 Å². The summed E-state index contributed by atoms with van der Waals surface area (Å²) in [6.45, 7) is 1.49. The van der Waals surface area contributed by atoms with Gasteiger partial charge in [0.15, 0.2) is 11.4 Å². The molecule has 0 atom stereocenters. The van der Waals surface area contributed by atoms with Gasteiger partial charge in [-0.3, -0.25) is 0 Å². The fourth-order valence-corrected chi connectivity index (χ4v) is 1.32. The van der Waals surface area contributed by atoms with E-state index >= 15 is 0 Å². The molecule has 16 heavy (non-hydrogen) atoms. The molecular weight excluding hydrogens is 342 g/mol. The molecule has 0 amide bonds. The number of alkyl halides is 3. The molecule has 0 bridgehead atoms. The molecule has 0 saturated carbocycles. The van der Waals surface area contributed by atoms with Crippen molar-refractivity contribution in [2.24, 2.45) is 0 Å². The lowest BCUT2D eigenvalue weighted by Gasteiger charge is -2.11. The third-order valence-corrected chi connectivity index (χ3v) is 2.64. The molecule has 0 aliphatic heterocycles. The van der Waals surface area contributed by atoms with Crippen LogP contribution in [0.1, 0.15) is 16.2 Å². The number of carboxylic acid groups (broad SMARTS) is 1. The molecule has 0 spiro atoms. The van der Waals surface area contributed by atoms with Crippen molar-refractivity contribution in [2.45, 2.75) is 13.3 Å². The number of carbonyl (C=O) groups is 1. The minimum absolute atomic E-state index is 0.326. The van der Waals surface area contributed by atoms with Gasteiger partial charge >= 0.3 is 12.3 Å². The molecule has 1 heterocycles. The van der Waals surface area contributed by atoms with Crippen LogP contribution in [0.3, 0.4) is 0 Å². The summed E-state index contributed by atoms with van der Waals surface area (Å²) in [4.78, 5) is 14.2. The number of aromatic carboxylic acids is 1. The highest BCUT2D eigenvalue weighted by Crippen LogP contribution is 2.28. The van der Waals surface area contributed by atoms with Gasteiger partial charge in [-0.2, -0.15) is 0 Å². The molecule has 1 rings (SSSR count). The molecule has 8 heteroatoms. The minimum atomic E-state index is -4.94. The summed E-state index contributed by atoms with van der Waals surface area (Å²) in [5.74, 6) is -2.38. The Morgan fingerprint density at radius 1 is 1.56 bits per heavy atom. The largest absolute Gasteiger partial charge is 0.573 e. The van der Waals surface area contributed by atoms with Crippen LogP contribution in [-0.2, 0) is 0 Å². The minimum Gasteiger partial charge on any atom is -0.476 e. The molecule has 0 fully saturated rings. The fraction of sp³-hybridized carbons (Fsp3) is 0.250. The molecule has 1 aromatic rings. The van der Waals surface area contributed by atoms with Gasteiger partial charge in [-0.15, -0.1) is 13.2 Å². The molecule has 0 unspecified atom stereocenters. The number of nitrogens with zero attached hydrogens (tertiary/aromatic N) is 1. The Morgan fingerprint density at radius 2 is 2.12 bits per heavy atom. The van der Waals surface area contributed by atoms with E-state index < -0.39 is 23.8 Å². The van der Waals surface area contributed by atoms with Gasteiger partial charge in [0.1, 0.15) is 0 Å². The molecule has 4 nitrogen and oxygen atoms in total. The van der Waals surface area contributed by atoms with E-state index in [9.17, 15) is 18.0 Å². The maximum atomic E-state index is 12.0. The van der Waals surface area contributed by atoms with Gasteiger partial charge in [0.2, 0.25) is 0 Å². The molecule has 0 saturated heterocycles. The standard InChI is InChI=1S/C8H5F3INO3/c1-3-4(12)2-5(16-8(9,10)11)6(13-3)7(14)15/h2H,1H3,(H,14,15). The summed E-state index contributed by atoms with van der Waals surface area (Å²) in [6.07, 6.45) is -4.94. The zero-order chi connectivity index (χ0) is 12.5. The lowest BCUT2D eigenvalue weighted by molar-refractivity contribution is -0.274. The first-order valence-electron chi connectivity index (χ1n) is 3.87. The number of aromatic nitrogens is 1. The quantitative estimate of drug-likeness (QED) is 0.836. The second-order valence-corrected chi connectivity index (χ2v) is 3.92. The second-order valence-electron chi connectivity index (χ2n) is 2.76. The number of ether oxygens (including phenoxy) is 1. The topological polar surface area (TPSA) is 59.4 Å². The predicted molar refractivity (Wildman–Crippen MR) is 55.3 cm³/mol. The van der Waals surface area contributed by atoms with Crippen LogP contribution in [0, 0.1) is 10.5 Å². The van der Waals surface area contributed by atoms with Crippen molar-refractivity contribution in [1.82, 2.24) is 4.98 Å². The van der Waals surface area contributed by atoms with Crippen molar-refractivity contribution >= 4 is 28.6 Å². The van der Waals surface area contributed by atoms with Crippen molar-refractivity contribution in [2.75, 3.05) is 0 Å². The number of pyridine rings is 1. The van der Waals surface area contributed by atoms with E-state index in [2.05, 4.69) is 9.72 Å². The van der Waals surface area contributed by atoms with Gasteiger partial charge in [0.25, 0.3) is 0 Å². The van der Waals surface area contributed by atoms with E-state index in [1.54, 1.807) is 22.6 Å².